The van der Waals surface area contributed by atoms with Crippen molar-refractivity contribution in [1.82, 2.24) is 10.3 Å². The van der Waals surface area contributed by atoms with E-state index < -0.39 is 0 Å². The highest BCUT2D eigenvalue weighted by molar-refractivity contribution is 8.03. The molecule has 0 unspecified atom stereocenters. The molecule has 0 bridgehead atoms. The Labute approximate surface area is 142 Å². The summed E-state index contributed by atoms with van der Waals surface area (Å²) in [5, 5.41) is 3.32. The smallest absolute Gasteiger partial charge is 0.119 e. The number of nitrogens with zero attached hydrogens (tertiary/aromatic N) is 1. The zero-order valence-electron chi connectivity index (χ0n) is 13.4. The third-order valence-electron chi connectivity index (χ3n) is 3.79. The van der Waals surface area contributed by atoms with E-state index >= 15 is 0 Å². The normalized spacial score (nSPS) is 16.0. The number of pyridine rings is 1. The van der Waals surface area contributed by atoms with Crippen molar-refractivity contribution in [3.63, 3.8) is 0 Å². The van der Waals surface area contributed by atoms with Crippen molar-refractivity contribution in [2.45, 2.75) is 19.8 Å². The SMILES string of the molecule is CCc1ccc(CCOc2ccc(/C=C3\CNCS3)cc2)nc1. The van der Waals surface area contributed by atoms with Crippen LogP contribution in [0.2, 0.25) is 0 Å². The maximum atomic E-state index is 5.81. The number of hydrogen-bond acceptors (Lipinski definition) is 4. The lowest BCUT2D eigenvalue weighted by Gasteiger charge is -2.07. The molecule has 1 aliphatic rings. The minimum absolute atomic E-state index is 0.651. The molecule has 1 aromatic carbocycles. The van der Waals surface area contributed by atoms with Gasteiger partial charge in [0.05, 0.1) is 6.61 Å². The van der Waals surface area contributed by atoms with Gasteiger partial charge in [-0.25, -0.2) is 0 Å². The molecule has 1 N–H and O–H groups in total. The first-order valence-electron chi connectivity index (χ1n) is 8.04. The summed E-state index contributed by atoms with van der Waals surface area (Å²) < 4.78 is 5.81. The van der Waals surface area contributed by atoms with Crippen molar-refractivity contribution in [2.75, 3.05) is 19.0 Å². The van der Waals surface area contributed by atoms with Crippen molar-refractivity contribution in [1.29, 1.82) is 0 Å². The fourth-order valence-corrected chi connectivity index (χ4v) is 3.21. The highest BCUT2D eigenvalue weighted by Crippen LogP contribution is 2.23. The molecule has 1 aliphatic heterocycles. The van der Waals surface area contributed by atoms with Crippen molar-refractivity contribution >= 4 is 17.8 Å². The van der Waals surface area contributed by atoms with Crippen molar-refractivity contribution in [3.8, 4) is 5.75 Å². The Bertz CT molecular complexity index is 642. The molecule has 0 spiro atoms. The van der Waals surface area contributed by atoms with Gasteiger partial charge in [-0.3, -0.25) is 4.98 Å². The average molecular weight is 326 g/mol. The van der Waals surface area contributed by atoms with Crippen LogP contribution in [0.1, 0.15) is 23.7 Å². The minimum Gasteiger partial charge on any atom is -0.493 e. The van der Waals surface area contributed by atoms with E-state index in [1.807, 2.05) is 30.1 Å². The fraction of sp³-hybridized carbons (Fsp3) is 0.316. The molecule has 1 fully saturated rings. The van der Waals surface area contributed by atoms with Crippen LogP contribution in [0.4, 0.5) is 0 Å². The molecule has 1 saturated heterocycles. The van der Waals surface area contributed by atoms with Crippen molar-refractivity contribution in [2.24, 2.45) is 0 Å². The quantitative estimate of drug-likeness (QED) is 0.873. The highest BCUT2D eigenvalue weighted by atomic mass is 32.2. The summed E-state index contributed by atoms with van der Waals surface area (Å²) in [7, 11) is 0. The standard InChI is InChI=1S/C19H22N2OS/c1-2-15-3-6-17(21-12-15)9-10-22-18-7-4-16(5-8-18)11-19-13-20-14-23-19/h3-8,11-12,20H,2,9-10,13-14H2,1H3/b19-11+. The number of thioether (sulfide) groups is 1. The monoisotopic (exact) mass is 326 g/mol. The molecule has 0 aliphatic carbocycles. The molecule has 1 aromatic heterocycles. The van der Waals surface area contributed by atoms with Crippen molar-refractivity contribution < 1.29 is 4.74 Å². The molecule has 0 saturated carbocycles. The van der Waals surface area contributed by atoms with Gasteiger partial charge in [-0.15, -0.1) is 11.8 Å². The highest BCUT2D eigenvalue weighted by Gasteiger charge is 2.05. The number of aryl methyl sites for hydroxylation is 1. The molecule has 3 rings (SSSR count). The molecule has 2 aromatic rings. The first kappa shape index (κ1) is 16.1. The summed E-state index contributed by atoms with van der Waals surface area (Å²) in [4.78, 5) is 5.85. The second kappa shape index (κ2) is 8.18. The summed E-state index contributed by atoms with van der Waals surface area (Å²) in [6.07, 6.45) is 6.04. The first-order chi connectivity index (χ1) is 11.3. The summed E-state index contributed by atoms with van der Waals surface area (Å²) in [5.74, 6) is 1.93. The predicted octanol–water partition coefficient (Wildman–Crippen LogP) is 3.90. The third kappa shape index (κ3) is 4.85. The van der Waals surface area contributed by atoms with E-state index in [2.05, 4.69) is 47.6 Å². The zero-order chi connectivity index (χ0) is 15.9. The first-order valence-corrected chi connectivity index (χ1v) is 9.03. The van der Waals surface area contributed by atoms with Crippen LogP contribution in [0, 0.1) is 0 Å². The average Bonchev–Trinajstić information content (AvgIpc) is 3.10. The van der Waals surface area contributed by atoms with Gasteiger partial charge < -0.3 is 10.1 Å². The topological polar surface area (TPSA) is 34.1 Å². The Hall–Kier alpha value is -1.78. The third-order valence-corrected chi connectivity index (χ3v) is 4.77. The zero-order valence-corrected chi connectivity index (χ0v) is 14.2. The van der Waals surface area contributed by atoms with Gasteiger partial charge >= 0.3 is 0 Å². The number of hydrogen-bond donors (Lipinski definition) is 1. The van der Waals surface area contributed by atoms with Crippen LogP contribution in [0.3, 0.4) is 0 Å². The summed E-state index contributed by atoms with van der Waals surface area (Å²) in [6.45, 7) is 3.77. The maximum Gasteiger partial charge on any atom is 0.119 e. The molecule has 0 radical (unpaired) electrons. The Balaban J connectivity index is 1.49. The van der Waals surface area contributed by atoms with E-state index in [0.29, 0.717) is 6.61 Å². The molecule has 0 atom stereocenters. The number of aromatic nitrogens is 1. The van der Waals surface area contributed by atoms with Gasteiger partial charge in [-0.05, 0) is 41.8 Å². The van der Waals surface area contributed by atoms with Crippen molar-refractivity contribution in [3.05, 3.63) is 64.3 Å². The number of benzene rings is 1. The van der Waals surface area contributed by atoms with Gasteiger partial charge in [-0.2, -0.15) is 0 Å². The van der Waals surface area contributed by atoms with Gasteiger partial charge in [0, 0.05) is 35.6 Å². The lowest BCUT2D eigenvalue weighted by Crippen LogP contribution is -2.04. The van der Waals surface area contributed by atoms with Gasteiger partial charge in [0.1, 0.15) is 5.75 Å². The summed E-state index contributed by atoms with van der Waals surface area (Å²) >= 11 is 1.87. The fourth-order valence-electron chi connectivity index (χ4n) is 2.39. The number of rotatable bonds is 6. The lowest BCUT2D eigenvalue weighted by atomic mass is 10.2. The molecular weight excluding hydrogens is 304 g/mol. The Morgan fingerprint density at radius 2 is 2.09 bits per heavy atom. The molecule has 120 valence electrons. The number of nitrogens with one attached hydrogen (secondary N) is 1. The van der Waals surface area contributed by atoms with Gasteiger partial charge in [-0.1, -0.05) is 25.1 Å². The van der Waals surface area contributed by atoms with Crippen LogP contribution >= 0.6 is 11.8 Å². The van der Waals surface area contributed by atoms with Crippen LogP contribution in [0.5, 0.6) is 5.75 Å². The van der Waals surface area contributed by atoms with E-state index in [0.717, 1.165) is 36.7 Å². The van der Waals surface area contributed by atoms with Gasteiger partial charge in [0.2, 0.25) is 0 Å². The second-order valence-electron chi connectivity index (χ2n) is 5.50. The van der Waals surface area contributed by atoms with Crippen LogP contribution in [-0.2, 0) is 12.8 Å². The van der Waals surface area contributed by atoms with E-state index in [1.54, 1.807) is 0 Å². The maximum absolute atomic E-state index is 5.81. The predicted molar refractivity (Wildman–Crippen MR) is 97.7 cm³/mol. The van der Waals surface area contributed by atoms with E-state index in [1.165, 1.54) is 16.0 Å². The largest absolute Gasteiger partial charge is 0.493 e. The molecule has 0 amide bonds. The Kier molecular flexibility index (Phi) is 5.72. The Morgan fingerprint density at radius 1 is 1.22 bits per heavy atom. The molecule has 2 heterocycles. The van der Waals surface area contributed by atoms with Gasteiger partial charge in [0.15, 0.2) is 0 Å². The molecule has 3 nitrogen and oxygen atoms in total. The van der Waals surface area contributed by atoms with E-state index in [9.17, 15) is 0 Å². The van der Waals surface area contributed by atoms with Crippen LogP contribution < -0.4 is 10.1 Å². The van der Waals surface area contributed by atoms with Crippen LogP contribution in [0.25, 0.3) is 6.08 Å². The summed E-state index contributed by atoms with van der Waals surface area (Å²) in [6, 6.07) is 12.5. The van der Waals surface area contributed by atoms with Gasteiger partial charge in [0.25, 0.3) is 0 Å². The lowest BCUT2D eigenvalue weighted by molar-refractivity contribution is 0.320. The minimum atomic E-state index is 0.651. The van der Waals surface area contributed by atoms with E-state index in [4.69, 9.17) is 4.74 Å². The van der Waals surface area contributed by atoms with Crippen LogP contribution in [-0.4, -0.2) is 24.0 Å². The summed E-state index contributed by atoms with van der Waals surface area (Å²) in [5.41, 5.74) is 3.57. The molecule has 4 heteroatoms. The molecule has 23 heavy (non-hydrogen) atoms. The van der Waals surface area contributed by atoms with Crippen LogP contribution in [0.15, 0.2) is 47.5 Å². The number of ether oxygens (including phenoxy) is 1. The second-order valence-corrected chi connectivity index (χ2v) is 6.61. The molecular formula is C19H22N2OS. The Morgan fingerprint density at radius 3 is 2.74 bits per heavy atom. The van der Waals surface area contributed by atoms with E-state index in [-0.39, 0.29) is 0 Å².